The minimum absolute atomic E-state index is 0.157. The first-order chi connectivity index (χ1) is 8.72. The standard InChI is InChI=1S/C12H15ClN2O3/c1-2-18-12(16)9-7-14-11(15-10(9)13)8-3-5-17-6-4-8/h7-8H,2-6H2,1H3. The molecule has 1 aliphatic heterocycles. The van der Waals surface area contributed by atoms with Gasteiger partial charge in [-0.25, -0.2) is 14.8 Å². The van der Waals surface area contributed by atoms with Gasteiger partial charge in [-0.2, -0.15) is 0 Å². The maximum Gasteiger partial charge on any atom is 0.342 e. The van der Waals surface area contributed by atoms with E-state index >= 15 is 0 Å². The highest BCUT2D eigenvalue weighted by Gasteiger charge is 2.21. The van der Waals surface area contributed by atoms with Crippen LogP contribution in [0.25, 0.3) is 0 Å². The third-order valence-corrected chi connectivity index (χ3v) is 3.13. The molecule has 1 aliphatic rings. The van der Waals surface area contributed by atoms with E-state index in [0.717, 1.165) is 12.8 Å². The lowest BCUT2D eigenvalue weighted by Crippen LogP contribution is -2.17. The molecular formula is C12H15ClN2O3. The maximum atomic E-state index is 11.5. The molecule has 0 aliphatic carbocycles. The Hall–Kier alpha value is -1.20. The quantitative estimate of drug-likeness (QED) is 0.622. The molecule has 0 saturated carbocycles. The molecule has 0 aromatic carbocycles. The van der Waals surface area contributed by atoms with Gasteiger partial charge in [-0.05, 0) is 19.8 Å². The van der Waals surface area contributed by atoms with Crippen LogP contribution < -0.4 is 0 Å². The molecule has 1 fully saturated rings. The number of hydrogen-bond donors (Lipinski definition) is 0. The Balaban J connectivity index is 2.16. The number of nitrogens with zero attached hydrogens (tertiary/aromatic N) is 2. The molecule has 2 rings (SSSR count). The largest absolute Gasteiger partial charge is 0.462 e. The summed E-state index contributed by atoms with van der Waals surface area (Å²) in [6.45, 7) is 3.47. The fourth-order valence-corrected chi connectivity index (χ4v) is 2.08. The summed E-state index contributed by atoms with van der Waals surface area (Å²) in [5.74, 6) is 0.449. The second-order valence-corrected chi connectivity index (χ2v) is 4.40. The van der Waals surface area contributed by atoms with Crippen molar-refractivity contribution in [3.8, 4) is 0 Å². The first-order valence-electron chi connectivity index (χ1n) is 5.99. The smallest absolute Gasteiger partial charge is 0.342 e. The number of esters is 1. The summed E-state index contributed by atoms with van der Waals surface area (Å²) in [5.41, 5.74) is 0.217. The van der Waals surface area contributed by atoms with Gasteiger partial charge in [0.1, 0.15) is 16.5 Å². The molecule has 1 aromatic heterocycles. The molecule has 0 radical (unpaired) electrons. The number of rotatable bonds is 3. The summed E-state index contributed by atoms with van der Waals surface area (Å²) >= 11 is 6.00. The molecule has 2 heterocycles. The number of halogens is 1. The molecule has 0 unspecified atom stereocenters. The first-order valence-corrected chi connectivity index (χ1v) is 6.37. The zero-order chi connectivity index (χ0) is 13.0. The van der Waals surface area contributed by atoms with Crippen LogP contribution in [0.3, 0.4) is 0 Å². The summed E-state index contributed by atoms with van der Waals surface area (Å²) in [4.78, 5) is 20.0. The van der Waals surface area contributed by atoms with Crippen molar-refractivity contribution in [2.75, 3.05) is 19.8 Å². The number of ether oxygens (including phenoxy) is 2. The molecule has 98 valence electrons. The second-order valence-electron chi connectivity index (χ2n) is 4.04. The van der Waals surface area contributed by atoms with Gasteiger partial charge in [0.2, 0.25) is 0 Å². The molecular weight excluding hydrogens is 256 g/mol. The van der Waals surface area contributed by atoms with Crippen LogP contribution in [-0.4, -0.2) is 35.8 Å². The van der Waals surface area contributed by atoms with E-state index in [9.17, 15) is 4.79 Å². The van der Waals surface area contributed by atoms with Crippen LogP contribution in [0.4, 0.5) is 0 Å². The van der Waals surface area contributed by atoms with E-state index in [2.05, 4.69) is 9.97 Å². The topological polar surface area (TPSA) is 61.3 Å². The zero-order valence-electron chi connectivity index (χ0n) is 10.2. The molecule has 6 heteroatoms. The van der Waals surface area contributed by atoms with E-state index in [1.165, 1.54) is 6.20 Å². The SMILES string of the molecule is CCOC(=O)c1cnc(C2CCOCC2)nc1Cl. The van der Waals surface area contributed by atoms with Crippen LogP contribution >= 0.6 is 11.6 Å². The Kier molecular flexibility index (Phi) is 4.49. The Morgan fingerprint density at radius 1 is 1.56 bits per heavy atom. The van der Waals surface area contributed by atoms with Crippen molar-refractivity contribution < 1.29 is 14.3 Å². The lowest BCUT2D eigenvalue weighted by Gasteiger charge is -2.20. The van der Waals surface area contributed by atoms with Gasteiger partial charge in [0.05, 0.1) is 6.61 Å². The van der Waals surface area contributed by atoms with Gasteiger partial charge in [-0.3, -0.25) is 0 Å². The van der Waals surface area contributed by atoms with Gasteiger partial charge < -0.3 is 9.47 Å². The number of carbonyl (C=O) groups excluding carboxylic acids is 1. The highest BCUT2D eigenvalue weighted by molar-refractivity contribution is 6.32. The maximum absolute atomic E-state index is 11.5. The van der Waals surface area contributed by atoms with E-state index in [4.69, 9.17) is 21.1 Å². The average Bonchev–Trinajstić information content (AvgIpc) is 2.40. The summed E-state index contributed by atoms with van der Waals surface area (Å²) in [5, 5.41) is 0.157. The molecule has 1 saturated heterocycles. The van der Waals surface area contributed by atoms with Crippen molar-refractivity contribution in [3.63, 3.8) is 0 Å². The monoisotopic (exact) mass is 270 g/mol. The summed E-state index contributed by atoms with van der Waals surface area (Å²) in [7, 11) is 0. The second kappa shape index (κ2) is 6.11. The van der Waals surface area contributed by atoms with E-state index in [-0.39, 0.29) is 16.6 Å². The molecule has 18 heavy (non-hydrogen) atoms. The lowest BCUT2D eigenvalue weighted by molar-refractivity contribution is 0.0525. The number of carbonyl (C=O) groups is 1. The van der Waals surface area contributed by atoms with Crippen LogP contribution in [0.2, 0.25) is 5.15 Å². The molecule has 0 bridgehead atoms. The molecule has 0 amide bonds. The van der Waals surface area contributed by atoms with E-state index in [0.29, 0.717) is 25.6 Å². The predicted molar refractivity (Wildman–Crippen MR) is 65.8 cm³/mol. The van der Waals surface area contributed by atoms with Crippen LogP contribution in [0.1, 0.15) is 41.9 Å². The fraction of sp³-hybridized carbons (Fsp3) is 0.583. The third-order valence-electron chi connectivity index (χ3n) is 2.84. The highest BCUT2D eigenvalue weighted by atomic mass is 35.5. The predicted octanol–water partition coefficient (Wildman–Crippen LogP) is 2.20. The van der Waals surface area contributed by atoms with Crippen molar-refractivity contribution in [2.24, 2.45) is 0 Å². The van der Waals surface area contributed by atoms with Gasteiger partial charge in [0.25, 0.3) is 0 Å². The Morgan fingerprint density at radius 3 is 2.89 bits per heavy atom. The molecule has 1 aromatic rings. The number of hydrogen-bond acceptors (Lipinski definition) is 5. The first kappa shape index (κ1) is 13.2. The van der Waals surface area contributed by atoms with Crippen LogP contribution in [0.15, 0.2) is 6.20 Å². The summed E-state index contributed by atoms with van der Waals surface area (Å²) < 4.78 is 10.2. The van der Waals surface area contributed by atoms with Crippen molar-refractivity contribution >= 4 is 17.6 Å². The van der Waals surface area contributed by atoms with Gasteiger partial charge in [0, 0.05) is 25.3 Å². The van der Waals surface area contributed by atoms with Gasteiger partial charge in [0.15, 0.2) is 0 Å². The summed E-state index contributed by atoms with van der Waals surface area (Å²) in [6, 6.07) is 0. The van der Waals surface area contributed by atoms with E-state index in [1.54, 1.807) is 6.92 Å². The third kappa shape index (κ3) is 2.97. The summed E-state index contributed by atoms with van der Waals surface area (Å²) in [6.07, 6.45) is 3.21. The normalized spacial score (nSPS) is 16.6. The Labute approximate surface area is 110 Å². The Bertz CT molecular complexity index is 433. The number of aromatic nitrogens is 2. The van der Waals surface area contributed by atoms with Gasteiger partial charge >= 0.3 is 5.97 Å². The van der Waals surface area contributed by atoms with E-state index in [1.807, 2.05) is 0 Å². The van der Waals surface area contributed by atoms with Crippen molar-refractivity contribution in [1.82, 2.24) is 9.97 Å². The van der Waals surface area contributed by atoms with Gasteiger partial charge in [-0.1, -0.05) is 11.6 Å². The minimum atomic E-state index is -0.485. The van der Waals surface area contributed by atoms with Crippen molar-refractivity contribution in [2.45, 2.75) is 25.7 Å². The van der Waals surface area contributed by atoms with E-state index < -0.39 is 5.97 Å². The Morgan fingerprint density at radius 2 is 2.28 bits per heavy atom. The molecule has 0 N–H and O–H groups in total. The van der Waals surface area contributed by atoms with Crippen LogP contribution in [0, 0.1) is 0 Å². The molecule has 5 nitrogen and oxygen atoms in total. The van der Waals surface area contributed by atoms with Crippen LogP contribution in [-0.2, 0) is 9.47 Å². The fourth-order valence-electron chi connectivity index (χ4n) is 1.87. The lowest BCUT2D eigenvalue weighted by atomic mass is 9.99. The minimum Gasteiger partial charge on any atom is -0.462 e. The van der Waals surface area contributed by atoms with Gasteiger partial charge in [-0.15, -0.1) is 0 Å². The highest BCUT2D eigenvalue weighted by Crippen LogP contribution is 2.25. The molecule has 0 spiro atoms. The molecule has 0 atom stereocenters. The van der Waals surface area contributed by atoms with Crippen molar-refractivity contribution in [1.29, 1.82) is 0 Å². The average molecular weight is 271 g/mol. The zero-order valence-corrected chi connectivity index (χ0v) is 10.9. The van der Waals surface area contributed by atoms with Crippen molar-refractivity contribution in [3.05, 3.63) is 22.7 Å². The van der Waals surface area contributed by atoms with Crippen LogP contribution in [0.5, 0.6) is 0 Å².